The fourth-order valence-corrected chi connectivity index (χ4v) is 1.59. The van der Waals surface area contributed by atoms with Crippen molar-refractivity contribution >= 4 is 5.97 Å². The van der Waals surface area contributed by atoms with Crippen LogP contribution in [0.25, 0.3) is 0 Å². The van der Waals surface area contributed by atoms with E-state index in [2.05, 4.69) is 0 Å². The van der Waals surface area contributed by atoms with Crippen molar-refractivity contribution in [2.45, 2.75) is 32.8 Å². The summed E-state index contributed by atoms with van der Waals surface area (Å²) in [5.41, 5.74) is 0. The highest BCUT2D eigenvalue weighted by Crippen LogP contribution is 2.21. The van der Waals surface area contributed by atoms with Gasteiger partial charge < -0.3 is 9.47 Å². The van der Waals surface area contributed by atoms with Crippen LogP contribution in [0.5, 0.6) is 0 Å². The lowest BCUT2D eigenvalue weighted by Gasteiger charge is -2.26. The van der Waals surface area contributed by atoms with Crippen LogP contribution in [0.1, 0.15) is 26.7 Å². The second kappa shape index (κ2) is 5.81. The van der Waals surface area contributed by atoms with Crippen molar-refractivity contribution in [1.29, 1.82) is 0 Å². The van der Waals surface area contributed by atoms with Gasteiger partial charge in [-0.05, 0) is 26.7 Å². The van der Waals surface area contributed by atoms with E-state index in [1.807, 2.05) is 13.0 Å². The molecule has 0 aromatic rings. The molecule has 0 aliphatic carbocycles. The SMILES string of the molecule is CCOC(=O)C=C[C@@H]1CCCO[C@H]1C. The topological polar surface area (TPSA) is 35.5 Å². The van der Waals surface area contributed by atoms with Crippen LogP contribution in [0, 0.1) is 5.92 Å². The Kier molecular flexibility index (Phi) is 4.66. The van der Waals surface area contributed by atoms with Gasteiger partial charge >= 0.3 is 5.97 Å². The molecule has 0 aromatic carbocycles. The van der Waals surface area contributed by atoms with Crippen LogP contribution in [0.2, 0.25) is 0 Å². The van der Waals surface area contributed by atoms with E-state index >= 15 is 0 Å². The van der Waals surface area contributed by atoms with Crippen LogP contribution in [-0.4, -0.2) is 25.3 Å². The molecule has 0 N–H and O–H groups in total. The molecule has 1 rings (SSSR count). The molecule has 14 heavy (non-hydrogen) atoms. The Labute approximate surface area is 85.1 Å². The molecule has 0 radical (unpaired) electrons. The monoisotopic (exact) mass is 198 g/mol. The van der Waals surface area contributed by atoms with Gasteiger partial charge in [-0.3, -0.25) is 0 Å². The molecule has 0 saturated carbocycles. The van der Waals surface area contributed by atoms with Gasteiger partial charge in [0.25, 0.3) is 0 Å². The van der Waals surface area contributed by atoms with Crippen LogP contribution in [0.15, 0.2) is 12.2 Å². The average molecular weight is 198 g/mol. The lowest BCUT2D eigenvalue weighted by Crippen LogP contribution is -2.25. The van der Waals surface area contributed by atoms with E-state index in [9.17, 15) is 4.79 Å². The number of esters is 1. The van der Waals surface area contributed by atoms with Gasteiger partial charge in [0.1, 0.15) is 0 Å². The Morgan fingerprint density at radius 2 is 2.43 bits per heavy atom. The third-order valence-corrected chi connectivity index (χ3v) is 2.43. The molecule has 1 fully saturated rings. The van der Waals surface area contributed by atoms with Crippen molar-refractivity contribution in [3.05, 3.63) is 12.2 Å². The molecule has 0 amide bonds. The maximum absolute atomic E-state index is 11.0. The standard InChI is InChI=1S/C11H18O3/c1-3-13-11(12)7-6-10-5-4-8-14-9(10)2/h6-7,9-10H,3-5,8H2,1-2H3/t9-,10-/m0/s1. The summed E-state index contributed by atoms with van der Waals surface area (Å²) in [5, 5.41) is 0. The molecule has 1 aliphatic heterocycles. The van der Waals surface area contributed by atoms with Gasteiger partial charge in [-0.25, -0.2) is 4.79 Å². The van der Waals surface area contributed by atoms with E-state index in [0.29, 0.717) is 12.5 Å². The molecule has 0 unspecified atom stereocenters. The molecule has 3 heteroatoms. The molecular weight excluding hydrogens is 180 g/mol. The summed E-state index contributed by atoms with van der Waals surface area (Å²) >= 11 is 0. The van der Waals surface area contributed by atoms with Gasteiger partial charge in [-0.1, -0.05) is 6.08 Å². The minimum absolute atomic E-state index is 0.217. The first-order valence-corrected chi connectivity index (χ1v) is 5.20. The zero-order chi connectivity index (χ0) is 10.4. The maximum Gasteiger partial charge on any atom is 0.330 e. The fraction of sp³-hybridized carbons (Fsp3) is 0.727. The lowest BCUT2D eigenvalue weighted by molar-refractivity contribution is -0.137. The summed E-state index contributed by atoms with van der Waals surface area (Å²) in [6, 6.07) is 0. The molecule has 1 saturated heterocycles. The fourth-order valence-electron chi connectivity index (χ4n) is 1.59. The van der Waals surface area contributed by atoms with E-state index in [4.69, 9.17) is 9.47 Å². The van der Waals surface area contributed by atoms with Crippen LogP contribution in [-0.2, 0) is 14.3 Å². The molecule has 1 heterocycles. The summed E-state index contributed by atoms with van der Waals surface area (Å²) in [6.07, 6.45) is 5.80. The quantitative estimate of drug-likeness (QED) is 0.513. The summed E-state index contributed by atoms with van der Waals surface area (Å²) < 4.78 is 10.3. The molecule has 1 aliphatic rings. The first-order valence-electron chi connectivity index (χ1n) is 5.20. The van der Waals surface area contributed by atoms with Gasteiger partial charge in [0, 0.05) is 18.6 Å². The molecule has 0 spiro atoms. The number of hydrogen-bond donors (Lipinski definition) is 0. The lowest BCUT2D eigenvalue weighted by atomic mass is 9.95. The van der Waals surface area contributed by atoms with Crippen molar-refractivity contribution in [1.82, 2.24) is 0 Å². The van der Waals surface area contributed by atoms with E-state index in [-0.39, 0.29) is 12.1 Å². The minimum atomic E-state index is -0.259. The number of ether oxygens (including phenoxy) is 2. The zero-order valence-electron chi connectivity index (χ0n) is 8.86. The zero-order valence-corrected chi connectivity index (χ0v) is 8.86. The largest absolute Gasteiger partial charge is 0.463 e. The highest BCUT2D eigenvalue weighted by atomic mass is 16.5. The molecule has 0 aromatic heterocycles. The van der Waals surface area contributed by atoms with Gasteiger partial charge in [0.2, 0.25) is 0 Å². The highest BCUT2D eigenvalue weighted by Gasteiger charge is 2.19. The predicted molar refractivity (Wildman–Crippen MR) is 53.9 cm³/mol. The second-order valence-corrected chi connectivity index (χ2v) is 3.49. The van der Waals surface area contributed by atoms with Crippen molar-refractivity contribution in [3.63, 3.8) is 0 Å². The molecule has 0 bridgehead atoms. The maximum atomic E-state index is 11.0. The smallest absolute Gasteiger partial charge is 0.330 e. The second-order valence-electron chi connectivity index (χ2n) is 3.49. The Balaban J connectivity index is 2.37. The summed E-state index contributed by atoms with van der Waals surface area (Å²) in [6.45, 7) is 5.11. The van der Waals surface area contributed by atoms with Crippen LogP contribution in [0.3, 0.4) is 0 Å². The number of rotatable bonds is 3. The number of hydrogen-bond acceptors (Lipinski definition) is 3. The molecule has 3 nitrogen and oxygen atoms in total. The van der Waals surface area contributed by atoms with Crippen LogP contribution in [0.4, 0.5) is 0 Å². The first-order chi connectivity index (χ1) is 6.74. The summed E-state index contributed by atoms with van der Waals surface area (Å²) in [4.78, 5) is 11.0. The third kappa shape index (κ3) is 3.50. The molecule has 80 valence electrons. The van der Waals surface area contributed by atoms with Gasteiger partial charge in [0.15, 0.2) is 0 Å². The van der Waals surface area contributed by atoms with Gasteiger partial charge in [-0.2, -0.15) is 0 Å². The first kappa shape index (κ1) is 11.2. The van der Waals surface area contributed by atoms with Crippen LogP contribution >= 0.6 is 0 Å². The van der Waals surface area contributed by atoms with E-state index < -0.39 is 0 Å². The van der Waals surface area contributed by atoms with Gasteiger partial charge in [-0.15, -0.1) is 0 Å². The van der Waals surface area contributed by atoms with Crippen molar-refractivity contribution < 1.29 is 14.3 Å². The van der Waals surface area contributed by atoms with Crippen molar-refractivity contribution in [3.8, 4) is 0 Å². The summed E-state index contributed by atoms with van der Waals surface area (Å²) in [7, 11) is 0. The highest BCUT2D eigenvalue weighted by molar-refractivity contribution is 5.81. The Morgan fingerprint density at radius 1 is 1.64 bits per heavy atom. The van der Waals surface area contributed by atoms with E-state index in [0.717, 1.165) is 19.4 Å². The molecular formula is C11H18O3. The Bertz CT molecular complexity index is 211. The average Bonchev–Trinajstić information content (AvgIpc) is 2.17. The van der Waals surface area contributed by atoms with Crippen LogP contribution < -0.4 is 0 Å². The Morgan fingerprint density at radius 3 is 3.07 bits per heavy atom. The van der Waals surface area contributed by atoms with E-state index in [1.165, 1.54) is 6.08 Å². The number of carbonyl (C=O) groups excluding carboxylic acids is 1. The number of carbonyl (C=O) groups is 1. The third-order valence-electron chi connectivity index (χ3n) is 2.43. The Hall–Kier alpha value is -0.830. The summed E-state index contributed by atoms with van der Waals surface area (Å²) in [5.74, 6) is 0.0958. The normalized spacial score (nSPS) is 27.9. The molecule has 2 atom stereocenters. The van der Waals surface area contributed by atoms with E-state index in [1.54, 1.807) is 6.92 Å². The van der Waals surface area contributed by atoms with Gasteiger partial charge in [0.05, 0.1) is 12.7 Å². The van der Waals surface area contributed by atoms with Crippen molar-refractivity contribution in [2.75, 3.05) is 13.2 Å². The minimum Gasteiger partial charge on any atom is -0.463 e. The predicted octanol–water partition coefficient (Wildman–Crippen LogP) is 1.92. The van der Waals surface area contributed by atoms with Crippen molar-refractivity contribution in [2.24, 2.45) is 5.92 Å².